The van der Waals surface area contributed by atoms with Crippen molar-refractivity contribution in [2.24, 2.45) is 0 Å². The van der Waals surface area contributed by atoms with E-state index in [0.29, 0.717) is 46.4 Å². The molecule has 0 atom stereocenters. The summed E-state index contributed by atoms with van der Waals surface area (Å²) in [4.78, 5) is 12.1. The summed E-state index contributed by atoms with van der Waals surface area (Å²) in [6.45, 7) is 4.42. The summed E-state index contributed by atoms with van der Waals surface area (Å²) in [5.74, 6) is 0.797. The fourth-order valence-corrected chi connectivity index (χ4v) is 2.65. The molecule has 0 aliphatic carbocycles. The summed E-state index contributed by atoms with van der Waals surface area (Å²) < 4.78 is 19.5. The van der Waals surface area contributed by atoms with E-state index in [1.165, 1.54) is 12.1 Å². The monoisotopic (exact) mass is 350 g/mol. The Morgan fingerprint density at radius 1 is 1.27 bits per heavy atom. The van der Waals surface area contributed by atoms with Gasteiger partial charge < -0.3 is 9.72 Å². The van der Waals surface area contributed by atoms with Gasteiger partial charge in [0.15, 0.2) is 0 Å². The second kappa shape index (κ2) is 7.79. The number of rotatable bonds is 6. The van der Waals surface area contributed by atoms with Crippen molar-refractivity contribution in [3.05, 3.63) is 53.7 Å². The Hall–Kier alpha value is -3.20. The Kier molecular flexibility index (Phi) is 5.28. The first-order chi connectivity index (χ1) is 12.6. The van der Waals surface area contributed by atoms with Gasteiger partial charge in [0.1, 0.15) is 23.1 Å². The van der Waals surface area contributed by atoms with Gasteiger partial charge in [-0.15, -0.1) is 0 Å². The molecule has 0 radical (unpaired) electrons. The maximum absolute atomic E-state index is 13.7. The van der Waals surface area contributed by atoms with Crippen LogP contribution < -0.4 is 4.74 Å². The third kappa shape index (κ3) is 3.72. The van der Waals surface area contributed by atoms with Crippen LogP contribution in [0.25, 0.3) is 22.6 Å². The third-order valence-electron chi connectivity index (χ3n) is 3.92. The summed E-state index contributed by atoms with van der Waals surface area (Å²) in [5, 5.41) is 9.13. The summed E-state index contributed by atoms with van der Waals surface area (Å²) >= 11 is 0. The normalized spacial score (nSPS) is 10.5. The molecule has 0 spiro atoms. The van der Waals surface area contributed by atoms with E-state index < -0.39 is 0 Å². The number of hydrogen-bond acceptors (Lipinski definition) is 4. The largest absolute Gasteiger partial charge is 0.493 e. The first-order valence-electron chi connectivity index (χ1n) is 8.48. The van der Waals surface area contributed by atoms with Crippen LogP contribution in [0.1, 0.15) is 31.2 Å². The number of nitrogens with one attached hydrogen (secondary N) is 1. The molecule has 0 fully saturated rings. The average molecular weight is 350 g/mol. The second-order valence-electron chi connectivity index (χ2n) is 5.93. The first kappa shape index (κ1) is 17.6. The molecule has 0 unspecified atom stereocenters. The number of hydrogen-bond donors (Lipinski definition) is 1. The highest BCUT2D eigenvalue weighted by Crippen LogP contribution is 2.36. The summed E-state index contributed by atoms with van der Waals surface area (Å²) in [7, 11) is 0. The number of aromatic amines is 1. The lowest BCUT2D eigenvalue weighted by Crippen LogP contribution is -1.99. The van der Waals surface area contributed by atoms with Crippen molar-refractivity contribution < 1.29 is 9.13 Å². The minimum absolute atomic E-state index is 0.359. The van der Waals surface area contributed by atoms with E-state index in [4.69, 9.17) is 10.00 Å². The van der Waals surface area contributed by atoms with E-state index in [1.54, 1.807) is 24.4 Å². The van der Waals surface area contributed by atoms with Gasteiger partial charge in [-0.3, -0.25) is 4.98 Å². The van der Waals surface area contributed by atoms with Crippen molar-refractivity contribution >= 4 is 0 Å². The maximum Gasteiger partial charge on any atom is 0.131 e. The fourth-order valence-electron chi connectivity index (χ4n) is 2.65. The minimum Gasteiger partial charge on any atom is -0.493 e. The molecule has 1 aromatic carbocycles. The van der Waals surface area contributed by atoms with Crippen molar-refractivity contribution in [2.75, 3.05) is 6.61 Å². The number of H-pyrrole nitrogens is 1. The second-order valence-corrected chi connectivity index (χ2v) is 5.93. The molecule has 5 nitrogen and oxygen atoms in total. The number of nitriles is 1. The molecule has 0 amide bonds. The zero-order valence-corrected chi connectivity index (χ0v) is 14.7. The average Bonchev–Trinajstić information content (AvgIpc) is 3.04. The molecule has 0 aliphatic rings. The first-order valence-corrected chi connectivity index (χ1v) is 8.48. The van der Waals surface area contributed by atoms with Crippen molar-refractivity contribution in [3.63, 3.8) is 0 Å². The van der Waals surface area contributed by atoms with Crippen LogP contribution in [0.15, 0.2) is 36.5 Å². The lowest BCUT2D eigenvalue weighted by atomic mass is 10.1. The van der Waals surface area contributed by atoms with Gasteiger partial charge in [-0.25, -0.2) is 9.37 Å². The Balaban J connectivity index is 2.09. The molecule has 0 bridgehead atoms. The number of ether oxygens (including phenoxy) is 1. The van der Waals surface area contributed by atoms with Gasteiger partial charge in [0.2, 0.25) is 0 Å². The predicted octanol–water partition coefficient (Wildman–Crippen LogP) is 4.64. The van der Waals surface area contributed by atoms with Gasteiger partial charge in [-0.1, -0.05) is 13.3 Å². The Morgan fingerprint density at radius 2 is 2.12 bits per heavy atom. The van der Waals surface area contributed by atoms with Gasteiger partial charge in [0, 0.05) is 17.8 Å². The predicted molar refractivity (Wildman–Crippen MR) is 97.1 cm³/mol. The van der Waals surface area contributed by atoms with Crippen LogP contribution >= 0.6 is 0 Å². The van der Waals surface area contributed by atoms with Crippen LogP contribution in [0.2, 0.25) is 0 Å². The van der Waals surface area contributed by atoms with E-state index >= 15 is 0 Å². The van der Waals surface area contributed by atoms with Gasteiger partial charge in [0.05, 0.1) is 29.6 Å². The molecule has 6 heteroatoms. The Labute approximate surface area is 151 Å². The lowest BCUT2D eigenvalue weighted by molar-refractivity contribution is 0.309. The van der Waals surface area contributed by atoms with Gasteiger partial charge in [0.25, 0.3) is 0 Å². The molecule has 132 valence electrons. The van der Waals surface area contributed by atoms with Crippen molar-refractivity contribution in [2.45, 2.75) is 26.7 Å². The molecule has 2 heterocycles. The van der Waals surface area contributed by atoms with Crippen LogP contribution in [-0.4, -0.2) is 21.6 Å². The number of halogens is 1. The van der Waals surface area contributed by atoms with Crippen LogP contribution in [0.3, 0.4) is 0 Å². The number of imidazole rings is 1. The molecule has 1 N–H and O–H groups in total. The quantitative estimate of drug-likeness (QED) is 0.657. The van der Waals surface area contributed by atoms with Gasteiger partial charge in [-0.05, 0) is 37.6 Å². The Bertz CT molecular complexity index is 959. The summed E-state index contributed by atoms with van der Waals surface area (Å²) in [6, 6.07) is 9.86. The number of aryl methyl sites for hydroxylation is 1. The zero-order chi connectivity index (χ0) is 18.5. The molecule has 26 heavy (non-hydrogen) atoms. The standard InChI is InChI=1S/C20H19FN4O/c1-3-4-9-26-18-11-15(21)5-6-16(18)19-20(25-13(2)24-19)17-10-14(12-22)7-8-23-17/h5-8,10-11H,3-4,9H2,1-2H3,(H,24,25). The molecule has 0 aliphatic heterocycles. The SMILES string of the molecule is CCCCOc1cc(F)ccc1-c1[nH]c(C)nc1-c1cc(C#N)ccn1. The summed E-state index contributed by atoms with van der Waals surface area (Å²) in [6.07, 6.45) is 3.45. The molecule has 2 aromatic heterocycles. The van der Waals surface area contributed by atoms with E-state index in [9.17, 15) is 4.39 Å². The molecule has 3 rings (SSSR count). The number of nitrogens with zero attached hydrogens (tertiary/aromatic N) is 3. The van der Waals surface area contributed by atoms with Crippen molar-refractivity contribution in [1.29, 1.82) is 5.26 Å². The minimum atomic E-state index is -0.359. The maximum atomic E-state index is 13.7. The Morgan fingerprint density at radius 3 is 2.88 bits per heavy atom. The number of unbranched alkanes of at least 4 members (excludes halogenated alkanes) is 1. The third-order valence-corrected chi connectivity index (χ3v) is 3.92. The molecule has 3 aromatic rings. The van der Waals surface area contributed by atoms with E-state index in [-0.39, 0.29) is 5.82 Å². The molecular weight excluding hydrogens is 331 g/mol. The van der Waals surface area contributed by atoms with Crippen LogP contribution in [-0.2, 0) is 0 Å². The van der Waals surface area contributed by atoms with Crippen molar-refractivity contribution in [1.82, 2.24) is 15.0 Å². The van der Waals surface area contributed by atoms with E-state index in [1.807, 2.05) is 6.92 Å². The molecular formula is C20H19FN4O. The van der Waals surface area contributed by atoms with Gasteiger partial charge >= 0.3 is 0 Å². The highest BCUT2D eigenvalue weighted by molar-refractivity contribution is 5.80. The van der Waals surface area contributed by atoms with E-state index in [0.717, 1.165) is 12.8 Å². The fraction of sp³-hybridized carbons (Fsp3) is 0.250. The van der Waals surface area contributed by atoms with E-state index in [2.05, 4.69) is 27.9 Å². The smallest absolute Gasteiger partial charge is 0.131 e. The molecule has 0 saturated carbocycles. The van der Waals surface area contributed by atoms with Gasteiger partial charge in [-0.2, -0.15) is 5.26 Å². The number of aromatic nitrogens is 3. The highest BCUT2D eigenvalue weighted by atomic mass is 19.1. The lowest BCUT2D eigenvalue weighted by Gasteiger charge is -2.11. The number of benzene rings is 1. The van der Waals surface area contributed by atoms with Crippen LogP contribution in [0.5, 0.6) is 5.75 Å². The van der Waals surface area contributed by atoms with Crippen LogP contribution in [0.4, 0.5) is 4.39 Å². The van der Waals surface area contributed by atoms with Crippen LogP contribution in [0, 0.1) is 24.1 Å². The highest BCUT2D eigenvalue weighted by Gasteiger charge is 2.18. The summed E-state index contributed by atoms with van der Waals surface area (Å²) in [5.41, 5.74) is 3.08. The number of pyridine rings is 1. The van der Waals surface area contributed by atoms with Crippen molar-refractivity contribution in [3.8, 4) is 34.5 Å². The topological polar surface area (TPSA) is 74.6 Å². The molecule has 0 saturated heterocycles. The zero-order valence-electron chi connectivity index (χ0n) is 14.7.